The SMILES string of the molecule is O=C(O)CC1CCC(c2ccc(-c3ccc(-c4nc5ccc(F)cc5[nH]4)nc3)cc2)CC1. The van der Waals surface area contributed by atoms with Gasteiger partial charge in [0.2, 0.25) is 0 Å². The molecule has 2 aromatic heterocycles. The van der Waals surface area contributed by atoms with Crippen LogP contribution in [0.25, 0.3) is 33.7 Å². The molecule has 2 aromatic carbocycles. The molecule has 0 spiro atoms. The van der Waals surface area contributed by atoms with Gasteiger partial charge in [0.25, 0.3) is 0 Å². The van der Waals surface area contributed by atoms with Gasteiger partial charge in [0.05, 0.1) is 11.0 Å². The number of fused-ring (bicyclic) bond motifs is 1. The molecule has 1 aliphatic rings. The lowest BCUT2D eigenvalue weighted by atomic mass is 9.77. The highest BCUT2D eigenvalue weighted by atomic mass is 19.1. The minimum absolute atomic E-state index is 0.291. The van der Waals surface area contributed by atoms with Crippen LogP contribution in [0.15, 0.2) is 60.8 Å². The number of hydrogen-bond acceptors (Lipinski definition) is 3. The Kier molecular flexibility index (Phi) is 5.43. The van der Waals surface area contributed by atoms with E-state index in [1.807, 2.05) is 18.3 Å². The van der Waals surface area contributed by atoms with Crippen molar-refractivity contribution < 1.29 is 14.3 Å². The summed E-state index contributed by atoms with van der Waals surface area (Å²) in [5.74, 6) is 0.455. The molecule has 1 aliphatic carbocycles. The smallest absolute Gasteiger partial charge is 0.303 e. The summed E-state index contributed by atoms with van der Waals surface area (Å²) >= 11 is 0. The first-order valence-corrected chi connectivity index (χ1v) is 11.0. The van der Waals surface area contributed by atoms with Crippen molar-refractivity contribution in [2.45, 2.75) is 38.0 Å². The number of rotatable bonds is 5. The number of hydrogen-bond donors (Lipinski definition) is 2. The van der Waals surface area contributed by atoms with Gasteiger partial charge in [-0.2, -0.15) is 0 Å². The van der Waals surface area contributed by atoms with Gasteiger partial charge in [-0.05, 0) is 72.9 Å². The lowest BCUT2D eigenvalue weighted by Crippen LogP contribution is -2.16. The summed E-state index contributed by atoms with van der Waals surface area (Å²) in [5.41, 5.74) is 5.51. The van der Waals surface area contributed by atoms with Gasteiger partial charge < -0.3 is 10.1 Å². The van der Waals surface area contributed by atoms with Gasteiger partial charge in [-0.15, -0.1) is 0 Å². The Morgan fingerprint density at radius 2 is 1.75 bits per heavy atom. The third-order valence-electron chi connectivity index (χ3n) is 6.48. The fraction of sp³-hybridized carbons (Fsp3) is 0.269. The Hall–Kier alpha value is -3.54. The number of H-pyrrole nitrogens is 1. The van der Waals surface area contributed by atoms with Crippen molar-refractivity contribution in [1.29, 1.82) is 0 Å². The molecule has 6 heteroatoms. The lowest BCUT2D eigenvalue weighted by Gasteiger charge is -2.28. The van der Waals surface area contributed by atoms with E-state index in [1.165, 1.54) is 17.7 Å². The topological polar surface area (TPSA) is 78.9 Å². The van der Waals surface area contributed by atoms with Gasteiger partial charge in [-0.25, -0.2) is 9.37 Å². The van der Waals surface area contributed by atoms with E-state index in [-0.39, 0.29) is 5.82 Å². The summed E-state index contributed by atoms with van der Waals surface area (Å²) in [6.45, 7) is 0. The maximum absolute atomic E-state index is 13.4. The second kappa shape index (κ2) is 8.54. The number of aromatic amines is 1. The summed E-state index contributed by atoms with van der Waals surface area (Å²) in [6, 6.07) is 17.0. The highest BCUT2D eigenvalue weighted by Gasteiger charge is 2.24. The van der Waals surface area contributed by atoms with E-state index in [2.05, 4.69) is 39.2 Å². The van der Waals surface area contributed by atoms with Gasteiger partial charge >= 0.3 is 5.97 Å². The molecule has 2 N–H and O–H groups in total. The van der Waals surface area contributed by atoms with E-state index in [4.69, 9.17) is 5.11 Å². The van der Waals surface area contributed by atoms with Crippen molar-refractivity contribution in [3.05, 3.63) is 72.2 Å². The highest BCUT2D eigenvalue weighted by Crippen LogP contribution is 2.37. The van der Waals surface area contributed by atoms with E-state index < -0.39 is 5.97 Å². The summed E-state index contributed by atoms with van der Waals surface area (Å²) < 4.78 is 13.4. The van der Waals surface area contributed by atoms with Crippen LogP contribution < -0.4 is 0 Å². The van der Waals surface area contributed by atoms with E-state index in [1.54, 1.807) is 6.07 Å². The Labute approximate surface area is 185 Å². The highest BCUT2D eigenvalue weighted by molar-refractivity contribution is 5.79. The zero-order valence-corrected chi connectivity index (χ0v) is 17.6. The predicted molar refractivity (Wildman–Crippen MR) is 122 cm³/mol. The molecule has 5 nitrogen and oxygen atoms in total. The minimum atomic E-state index is -0.688. The quantitative estimate of drug-likeness (QED) is 0.397. The van der Waals surface area contributed by atoms with Crippen LogP contribution in [-0.4, -0.2) is 26.0 Å². The van der Waals surface area contributed by atoms with Crippen LogP contribution in [-0.2, 0) is 4.79 Å². The molecule has 0 unspecified atom stereocenters. The predicted octanol–water partition coefficient (Wildman–Crippen LogP) is 6.18. The minimum Gasteiger partial charge on any atom is -0.481 e. The summed E-state index contributed by atoms with van der Waals surface area (Å²) in [5, 5.41) is 8.99. The number of nitrogens with one attached hydrogen (secondary N) is 1. The molecule has 0 amide bonds. The number of aromatic nitrogens is 3. The van der Waals surface area contributed by atoms with Crippen LogP contribution in [0, 0.1) is 11.7 Å². The lowest BCUT2D eigenvalue weighted by molar-refractivity contribution is -0.138. The van der Waals surface area contributed by atoms with Crippen molar-refractivity contribution in [2.75, 3.05) is 0 Å². The van der Waals surface area contributed by atoms with Crippen LogP contribution in [0.5, 0.6) is 0 Å². The fourth-order valence-electron chi connectivity index (χ4n) is 4.70. The molecule has 32 heavy (non-hydrogen) atoms. The Balaban J connectivity index is 1.27. The Bertz CT molecular complexity index is 1240. The monoisotopic (exact) mass is 429 g/mol. The summed E-state index contributed by atoms with van der Waals surface area (Å²) in [4.78, 5) is 23.1. The standard InChI is InChI=1S/C26H24FN3O2/c27-21-10-12-22-24(14-21)30-26(29-22)23-11-9-20(15-28-23)19-7-5-18(6-8-19)17-3-1-16(2-4-17)13-25(31)32/h5-12,14-17H,1-4,13H2,(H,29,30)(H,31,32). The number of nitrogens with zero attached hydrogens (tertiary/aromatic N) is 2. The van der Waals surface area contributed by atoms with E-state index in [9.17, 15) is 9.18 Å². The maximum atomic E-state index is 13.4. The molecule has 2 heterocycles. The molecule has 0 atom stereocenters. The number of benzene rings is 2. The first-order chi connectivity index (χ1) is 15.5. The first kappa shape index (κ1) is 20.4. The average molecular weight is 429 g/mol. The molecular formula is C26H24FN3O2. The molecule has 0 radical (unpaired) electrons. The molecule has 0 saturated heterocycles. The third kappa shape index (κ3) is 4.26. The van der Waals surface area contributed by atoms with Crippen molar-refractivity contribution in [3.63, 3.8) is 0 Å². The first-order valence-electron chi connectivity index (χ1n) is 11.0. The molecular weight excluding hydrogens is 405 g/mol. The Morgan fingerprint density at radius 1 is 1.00 bits per heavy atom. The Morgan fingerprint density at radius 3 is 2.44 bits per heavy atom. The number of halogens is 1. The van der Waals surface area contributed by atoms with Gasteiger partial charge in [-0.3, -0.25) is 9.78 Å². The van der Waals surface area contributed by atoms with Crippen LogP contribution in [0.3, 0.4) is 0 Å². The number of pyridine rings is 1. The van der Waals surface area contributed by atoms with Crippen molar-refractivity contribution in [1.82, 2.24) is 15.0 Å². The van der Waals surface area contributed by atoms with Crippen LogP contribution in [0.2, 0.25) is 0 Å². The fourth-order valence-corrected chi connectivity index (χ4v) is 4.70. The van der Waals surface area contributed by atoms with Gasteiger partial charge in [-0.1, -0.05) is 30.3 Å². The maximum Gasteiger partial charge on any atom is 0.303 e. The summed E-state index contributed by atoms with van der Waals surface area (Å²) in [6.07, 6.45) is 6.19. The largest absolute Gasteiger partial charge is 0.481 e. The van der Waals surface area contributed by atoms with Crippen LogP contribution >= 0.6 is 0 Å². The molecule has 0 bridgehead atoms. The normalized spacial score (nSPS) is 18.7. The second-order valence-electron chi connectivity index (χ2n) is 8.62. The van der Waals surface area contributed by atoms with Gasteiger partial charge in [0.15, 0.2) is 5.82 Å². The zero-order valence-electron chi connectivity index (χ0n) is 17.6. The number of aliphatic carboxylic acids is 1. The second-order valence-corrected chi connectivity index (χ2v) is 8.62. The van der Waals surface area contributed by atoms with E-state index in [0.29, 0.717) is 40.8 Å². The molecule has 1 fully saturated rings. The van der Waals surface area contributed by atoms with Crippen molar-refractivity contribution >= 4 is 17.0 Å². The van der Waals surface area contributed by atoms with Crippen molar-refractivity contribution in [2.24, 2.45) is 5.92 Å². The molecule has 4 aromatic rings. The molecule has 1 saturated carbocycles. The van der Waals surface area contributed by atoms with Crippen LogP contribution in [0.4, 0.5) is 4.39 Å². The molecule has 5 rings (SSSR count). The average Bonchev–Trinajstić information content (AvgIpc) is 3.23. The number of carboxylic acid groups (broad SMARTS) is 1. The van der Waals surface area contributed by atoms with Gasteiger partial charge in [0, 0.05) is 18.2 Å². The summed E-state index contributed by atoms with van der Waals surface area (Å²) in [7, 11) is 0. The van der Waals surface area contributed by atoms with E-state index in [0.717, 1.165) is 36.8 Å². The van der Waals surface area contributed by atoms with Gasteiger partial charge in [0.1, 0.15) is 11.5 Å². The molecule has 0 aliphatic heterocycles. The zero-order chi connectivity index (χ0) is 22.1. The molecule has 162 valence electrons. The number of imidazole rings is 1. The van der Waals surface area contributed by atoms with Crippen molar-refractivity contribution in [3.8, 4) is 22.6 Å². The third-order valence-corrected chi connectivity index (χ3v) is 6.48. The van der Waals surface area contributed by atoms with E-state index >= 15 is 0 Å². The number of carbonyl (C=O) groups is 1. The van der Waals surface area contributed by atoms with Crippen LogP contribution in [0.1, 0.15) is 43.6 Å². The number of carboxylic acids is 1.